The van der Waals surface area contributed by atoms with E-state index in [9.17, 15) is 8.42 Å². The molecule has 2 aromatic heterocycles. The van der Waals surface area contributed by atoms with Gasteiger partial charge in [-0.15, -0.1) is 11.3 Å². The van der Waals surface area contributed by atoms with Gasteiger partial charge in [0.2, 0.25) is 10.0 Å². The van der Waals surface area contributed by atoms with Crippen LogP contribution < -0.4 is 4.90 Å². The van der Waals surface area contributed by atoms with Gasteiger partial charge in [-0.1, -0.05) is 31.5 Å². The molecule has 0 spiro atoms. The molecule has 170 valence electrons. The lowest BCUT2D eigenvalue weighted by molar-refractivity contribution is 0.384. The summed E-state index contributed by atoms with van der Waals surface area (Å²) in [5.41, 5.74) is 1.44. The van der Waals surface area contributed by atoms with Crippen LogP contribution in [0.25, 0.3) is 10.2 Å². The van der Waals surface area contributed by atoms with Crippen LogP contribution in [0.3, 0.4) is 0 Å². The summed E-state index contributed by atoms with van der Waals surface area (Å²) in [5, 5.41) is 1.23. The zero-order valence-corrected chi connectivity index (χ0v) is 20.2. The zero-order valence-electron chi connectivity index (χ0n) is 18.6. The molecule has 1 aliphatic carbocycles. The van der Waals surface area contributed by atoms with E-state index in [0.717, 1.165) is 48.6 Å². The number of fused-ring (bicyclic) bond motifs is 3. The van der Waals surface area contributed by atoms with Crippen LogP contribution >= 0.6 is 11.3 Å². The quantitative estimate of drug-likeness (QED) is 0.533. The first-order valence-corrected chi connectivity index (χ1v) is 13.9. The van der Waals surface area contributed by atoms with Crippen molar-refractivity contribution in [3.8, 4) is 0 Å². The number of rotatable bonds is 6. The number of nitrogens with zero attached hydrogens (tertiary/aromatic N) is 4. The average molecular weight is 471 g/mol. The molecule has 0 unspecified atom stereocenters. The molecule has 0 atom stereocenters. The number of anilines is 1. The number of benzene rings is 1. The first kappa shape index (κ1) is 21.8. The molecule has 1 aliphatic heterocycles. The molecule has 0 amide bonds. The fourth-order valence-corrected chi connectivity index (χ4v) is 7.46. The van der Waals surface area contributed by atoms with E-state index in [1.54, 1.807) is 28.6 Å². The molecule has 0 radical (unpaired) electrons. The number of thiophene rings is 1. The Morgan fingerprint density at radius 1 is 1.00 bits per heavy atom. The molecule has 5 rings (SSSR count). The molecular formula is C24H30N4O2S2. The van der Waals surface area contributed by atoms with Crippen molar-refractivity contribution in [2.75, 3.05) is 31.1 Å². The summed E-state index contributed by atoms with van der Waals surface area (Å²) in [6.07, 6.45) is 7.81. The summed E-state index contributed by atoms with van der Waals surface area (Å²) < 4.78 is 27.7. The van der Waals surface area contributed by atoms with Gasteiger partial charge in [0.05, 0.1) is 10.3 Å². The van der Waals surface area contributed by atoms with Crippen molar-refractivity contribution < 1.29 is 8.42 Å². The minimum absolute atomic E-state index is 0.367. The number of hydrogen-bond donors (Lipinski definition) is 0. The van der Waals surface area contributed by atoms with E-state index >= 15 is 0 Å². The largest absolute Gasteiger partial charge is 0.353 e. The summed E-state index contributed by atoms with van der Waals surface area (Å²) >= 11 is 1.84. The van der Waals surface area contributed by atoms with E-state index < -0.39 is 10.0 Å². The summed E-state index contributed by atoms with van der Waals surface area (Å²) in [4.78, 5) is 15.2. The van der Waals surface area contributed by atoms with E-state index in [1.807, 2.05) is 17.4 Å². The molecule has 1 saturated heterocycles. The van der Waals surface area contributed by atoms with Gasteiger partial charge in [-0.2, -0.15) is 4.31 Å². The maximum Gasteiger partial charge on any atom is 0.243 e. The highest BCUT2D eigenvalue weighted by molar-refractivity contribution is 7.89. The van der Waals surface area contributed by atoms with E-state index in [2.05, 4.69) is 11.8 Å². The van der Waals surface area contributed by atoms with Crippen molar-refractivity contribution >= 4 is 37.4 Å². The third kappa shape index (κ3) is 4.04. The maximum atomic E-state index is 13.0. The van der Waals surface area contributed by atoms with Crippen LogP contribution in [0.2, 0.25) is 0 Å². The Balaban J connectivity index is 1.45. The van der Waals surface area contributed by atoms with E-state index in [-0.39, 0.29) is 0 Å². The predicted octanol–water partition coefficient (Wildman–Crippen LogP) is 4.42. The highest BCUT2D eigenvalue weighted by Gasteiger charge is 2.31. The highest BCUT2D eigenvalue weighted by atomic mass is 32.2. The number of unbranched alkanes of at least 4 members (excludes halogenated alkanes) is 1. The van der Waals surface area contributed by atoms with Gasteiger partial charge in [-0.05, 0) is 49.8 Å². The molecule has 6 nitrogen and oxygen atoms in total. The summed E-state index contributed by atoms with van der Waals surface area (Å²) in [5.74, 6) is 1.95. The van der Waals surface area contributed by atoms with Crippen LogP contribution in [-0.4, -0.2) is 48.9 Å². The Hall–Kier alpha value is -2.03. The topological polar surface area (TPSA) is 66.4 Å². The first-order chi connectivity index (χ1) is 15.6. The SMILES string of the molecule is CCCCc1nc(N2CCN(S(=O)(=O)c3ccccc3)CC2)c2c3c(sc2n1)CCCC3. The monoisotopic (exact) mass is 470 g/mol. The molecular weight excluding hydrogens is 440 g/mol. The molecule has 1 fully saturated rings. The Bertz CT molecular complexity index is 1200. The van der Waals surface area contributed by atoms with Gasteiger partial charge in [0.15, 0.2) is 0 Å². The van der Waals surface area contributed by atoms with Crippen molar-refractivity contribution in [2.45, 2.75) is 56.8 Å². The van der Waals surface area contributed by atoms with Crippen molar-refractivity contribution in [3.63, 3.8) is 0 Å². The lowest BCUT2D eigenvalue weighted by atomic mass is 9.97. The highest BCUT2D eigenvalue weighted by Crippen LogP contribution is 2.40. The van der Waals surface area contributed by atoms with Gasteiger partial charge in [0.25, 0.3) is 0 Å². The fourth-order valence-electron chi connectivity index (χ4n) is 4.74. The Kier molecular flexibility index (Phi) is 6.18. The third-order valence-corrected chi connectivity index (χ3v) is 9.61. The van der Waals surface area contributed by atoms with Crippen LogP contribution in [0.15, 0.2) is 35.2 Å². The molecule has 8 heteroatoms. The van der Waals surface area contributed by atoms with Gasteiger partial charge in [-0.3, -0.25) is 0 Å². The second-order valence-electron chi connectivity index (χ2n) is 8.66. The van der Waals surface area contributed by atoms with Crippen molar-refractivity contribution in [3.05, 3.63) is 46.6 Å². The minimum atomic E-state index is -3.46. The van der Waals surface area contributed by atoms with Crippen LogP contribution in [-0.2, 0) is 29.3 Å². The number of hydrogen-bond acceptors (Lipinski definition) is 6. The Morgan fingerprint density at radius 2 is 1.75 bits per heavy atom. The fraction of sp³-hybridized carbons (Fsp3) is 0.500. The van der Waals surface area contributed by atoms with Crippen molar-refractivity contribution in [2.24, 2.45) is 0 Å². The van der Waals surface area contributed by atoms with Gasteiger partial charge in [0.1, 0.15) is 16.5 Å². The van der Waals surface area contributed by atoms with Crippen LogP contribution in [0.1, 0.15) is 48.9 Å². The molecule has 0 saturated carbocycles. The zero-order chi connectivity index (χ0) is 22.1. The average Bonchev–Trinajstić information content (AvgIpc) is 3.21. The number of aryl methyl sites for hydroxylation is 3. The molecule has 2 aliphatic rings. The smallest absolute Gasteiger partial charge is 0.243 e. The number of aromatic nitrogens is 2. The van der Waals surface area contributed by atoms with Crippen molar-refractivity contribution in [1.82, 2.24) is 14.3 Å². The van der Waals surface area contributed by atoms with Crippen molar-refractivity contribution in [1.29, 1.82) is 0 Å². The lowest BCUT2D eigenvalue weighted by Crippen LogP contribution is -2.49. The van der Waals surface area contributed by atoms with Crippen LogP contribution in [0.5, 0.6) is 0 Å². The van der Waals surface area contributed by atoms with Crippen LogP contribution in [0.4, 0.5) is 5.82 Å². The third-order valence-electron chi connectivity index (χ3n) is 6.51. The predicted molar refractivity (Wildman–Crippen MR) is 130 cm³/mol. The van der Waals surface area contributed by atoms with E-state index in [4.69, 9.17) is 9.97 Å². The molecule has 0 bridgehead atoms. The Morgan fingerprint density at radius 3 is 2.50 bits per heavy atom. The van der Waals surface area contributed by atoms with E-state index in [0.29, 0.717) is 31.1 Å². The van der Waals surface area contributed by atoms with Gasteiger partial charge in [-0.25, -0.2) is 18.4 Å². The first-order valence-electron chi connectivity index (χ1n) is 11.7. The van der Waals surface area contributed by atoms with E-state index in [1.165, 1.54) is 28.7 Å². The molecule has 1 aromatic carbocycles. The van der Waals surface area contributed by atoms with Gasteiger partial charge in [0, 0.05) is 37.5 Å². The standard InChI is InChI=1S/C24H30N4O2S2/c1-2-3-13-21-25-23(22-19-11-7-8-12-20(19)31-24(22)26-21)27-14-16-28(17-15-27)32(29,30)18-9-5-4-6-10-18/h4-6,9-10H,2-3,7-8,11-17H2,1H3. The molecule has 0 N–H and O–H groups in total. The summed E-state index contributed by atoms with van der Waals surface area (Å²) in [6.45, 7) is 4.43. The molecule has 3 heterocycles. The van der Waals surface area contributed by atoms with Crippen LogP contribution in [0, 0.1) is 0 Å². The molecule has 32 heavy (non-hydrogen) atoms. The second-order valence-corrected chi connectivity index (χ2v) is 11.7. The summed E-state index contributed by atoms with van der Waals surface area (Å²) in [6, 6.07) is 8.74. The summed E-state index contributed by atoms with van der Waals surface area (Å²) in [7, 11) is -3.46. The molecule has 3 aromatic rings. The Labute approximate surface area is 194 Å². The lowest BCUT2D eigenvalue weighted by Gasteiger charge is -2.35. The normalized spacial score (nSPS) is 17.6. The number of piperazine rings is 1. The minimum Gasteiger partial charge on any atom is -0.353 e. The number of sulfonamides is 1. The van der Waals surface area contributed by atoms with Gasteiger partial charge < -0.3 is 4.90 Å². The second kappa shape index (κ2) is 9.08. The maximum absolute atomic E-state index is 13.0. The van der Waals surface area contributed by atoms with Gasteiger partial charge >= 0.3 is 0 Å².